The van der Waals surface area contributed by atoms with Gasteiger partial charge >= 0.3 is 0 Å². The number of aryl methyl sites for hydroxylation is 1. The quantitative estimate of drug-likeness (QED) is 0.839. The predicted octanol–water partition coefficient (Wildman–Crippen LogP) is 2.43. The molecular weight excluding hydrogens is 246 g/mol. The van der Waals surface area contributed by atoms with Gasteiger partial charge in [-0.05, 0) is 68.5 Å². The van der Waals surface area contributed by atoms with Gasteiger partial charge in [0, 0.05) is 30.9 Å². The van der Waals surface area contributed by atoms with Gasteiger partial charge in [-0.25, -0.2) is 0 Å². The molecule has 2 atom stereocenters. The lowest BCUT2D eigenvalue weighted by Gasteiger charge is -2.27. The zero-order chi connectivity index (χ0) is 13.5. The molecule has 3 heteroatoms. The maximum absolute atomic E-state index is 5.91. The minimum atomic E-state index is 0.651. The van der Waals surface area contributed by atoms with E-state index in [1.807, 2.05) is 0 Å². The Morgan fingerprint density at radius 2 is 1.85 bits per heavy atom. The highest BCUT2D eigenvalue weighted by Crippen LogP contribution is 2.39. The second-order valence-electron chi connectivity index (χ2n) is 6.69. The van der Waals surface area contributed by atoms with Crippen molar-refractivity contribution in [3.8, 4) is 0 Å². The molecular formula is C17H25N3. The van der Waals surface area contributed by atoms with Crippen molar-refractivity contribution in [2.45, 2.75) is 44.2 Å². The number of anilines is 1. The summed E-state index contributed by atoms with van der Waals surface area (Å²) in [5.41, 5.74) is 9.86. The maximum atomic E-state index is 5.91. The fourth-order valence-corrected chi connectivity index (χ4v) is 4.45. The van der Waals surface area contributed by atoms with Crippen molar-refractivity contribution in [1.82, 2.24) is 9.80 Å². The van der Waals surface area contributed by atoms with Crippen molar-refractivity contribution >= 4 is 5.69 Å². The molecule has 0 aromatic heterocycles. The molecule has 0 saturated carbocycles. The van der Waals surface area contributed by atoms with Crippen LogP contribution in [-0.2, 0) is 6.42 Å². The molecule has 2 N–H and O–H groups in total. The molecule has 1 aromatic carbocycles. The van der Waals surface area contributed by atoms with Gasteiger partial charge in [0.25, 0.3) is 0 Å². The second-order valence-corrected chi connectivity index (χ2v) is 6.69. The lowest BCUT2D eigenvalue weighted by Crippen LogP contribution is -2.36. The molecule has 1 aliphatic carbocycles. The third-order valence-electron chi connectivity index (χ3n) is 5.51. The summed E-state index contributed by atoms with van der Waals surface area (Å²) in [6, 6.07) is 7.99. The van der Waals surface area contributed by atoms with Gasteiger partial charge in [-0.15, -0.1) is 0 Å². The van der Waals surface area contributed by atoms with Crippen molar-refractivity contribution in [1.29, 1.82) is 0 Å². The van der Waals surface area contributed by atoms with E-state index in [9.17, 15) is 0 Å². The van der Waals surface area contributed by atoms with E-state index in [0.717, 1.165) is 11.7 Å². The van der Waals surface area contributed by atoms with E-state index in [-0.39, 0.29) is 0 Å². The van der Waals surface area contributed by atoms with Crippen LogP contribution < -0.4 is 5.73 Å². The van der Waals surface area contributed by atoms with Crippen molar-refractivity contribution in [2.75, 3.05) is 31.9 Å². The normalized spacial score (nSPS) is 31.0. The molecule has 108 valence electrons. The third kappa shape index (κ3) is 2.13. The zero-order valence-corrected chi connectivity index (χ0v) is 12.2. The van der Waals surface area contributed by atoms with Gasteiger partial charge < -0.3 is 5.73 Å². The molecule has 2 heterocycles. The summed E-state index contributed by atoms with van der Waals surface area (Å²) in [7, 11) is 0. The molecule has 0 amide bonds. The lowest BCUT2D eigenvalue weighted by atomic mass is 10.1. The Hall–Kier alpha value is -1.06. The van der Waals surface area contributed by atoms with E-state index in [4.69, 9.17) is 5.73 Å². The van der Waals surface area contributed by atoms with Crippen LogP contribution in [0.2, 0.25) is 0 Å². The van der Waals surface area contributed by atoms with Gasteiger partial charge in [-0.2, -0.15) is 0 Å². The average Bonchev–Trinajstić information content (AvgIpc) is 3.17. The summed E-state index contributed by atoms with van der Waals surface area (Å²) in [5.74, 6) is 0. The SMILES string of the molecule is Nc1ccc2c(c1)CCC2N1CCC(N2CCCC2)C1. The van der Waals surface area contributed by atoms with Crippen LogP contribution >= 0.6 is 0 Å². The van der Waals surface area contributed by atoms with Crippen LogP contribution in [0.1, 0.15) is 42.9 Å². The summed E-state index contributed by atoms with van der Waals surface area (Å²) in [6.45, 7) is 5.21. The first-order valence-corrected chi connectivity index (χ1v) is 8.17. The van der Waals surface area contributed by atoms with Crippen LogP contribution in [0.3, 0.4) is 0 Å². The number of hydrogen-bond donors (Lipinski definition) is 1. The molecule has 20 heavy (non-hydrogen) atoms. The molecule has 4 rings (SSSR count). The molecule has 2 saturated heterocycles. The van der Waals surface area contributed by atoms with Crippen LogP contribution in [0.5, 0.6) is 0 Å². The standard InChI is InChI=1S/C17H25N3/c18-14-4-5-16-13(11-14)3-6-17(16)20-10-7-15(12-20)19-8-1-2-9-19/h4-5,11,15,17H,1-3,6-10,12,18H2. The van der Waals surface area contributed by atoms with Gasteiger partial charge in [0.2, 0.25) is 0 Å². The molecule has 0 bridgehead atoms. The molecule has 0 radical (unpaired) electrons. The number of fused-ring (bicyclic) bond motifs is 1. The Bertz CT molecular complexity index is 493. The Labute approximate surface area is 121 Å². The summed E-state index contributed by atoms with van der Waals surface area (Å²) in [4.78, 5) is 5.45. The number of nitrogens with zero attached hydrogens (tertiary/aromatic N) is 2. The van der Waals surface area contributed by atoms with Gasteiger partial charge in [0.05, 0.1) is 0 Å². The minimum Gasteiger partial charge on any atom is -0.399 e. The minimum absolute atomic E-state index is 0.651. The first-order chi connectivity index (χ1) is 9.81. The molecule has 3 aliphatic rings. The van der Waals surface area contributed by atoms with Crippen LogP contribution in [0.15, 0.2) is 18.2 Å². The van der Waals surface area contributed by atoms with Gasteiger partial charge in [0.15, 0.2) is 0 Å². The van der Waals surface area contributed by atoms with E-state index >= 15 is 0 Å². The maximum Gasteiger partial charge on any atom is 0.0354 e. The van der Waals surface area contributed by atoms with E-state index in [1.54, 1.807) is 5.56 Å². The Balaban J connectivity index is 1.48. The van der Waals surface area contributed by atoms with Gasteiger partial charge in [0.1, 0.15) is 0 Å². The number of nitrogen functional groups attached to an aromatic ring is 1. The predicted molar refractivity (Wildman–Crippen MR) is 82.7 cm³/mol. The third-order valence-corrected chi connectivity index (χ3v) is 5.51. The van der Waals surface area contributed by atoms with E-state index < -0.39 is 0 Å². The van der Waals surface area contributed by atoms with Crippen molar-refractivity contribution in [3.63, 3.8) is 0 Å². The van der Waals surface area contributed by atoms with Crippen LogP contribution in [0.25, 0.3) is 0 Å². The van der Waals surface area contributed by atoms with E-state index in [0.29, 0.717) is 6.04 Å². The molecule has 2 aliphatic heterocycles. The topological polar surface area (TPSA) is 32.5 Å². The number of rotatable bonds is 2. The highest BCUT2D eigenvalue weighted by molar-refractivity contribution is 5.47. The largest absolute Gasteiger partial charge is 0.399 e. The summed E-state index contributed by atoms with van der Waals surface area (Å²) in [6.07, 6.45) is 6.66. The molecule has 3 nitrogen and oxygen atoms in total. The van der Waals surface area contributed by atoms with Crippen molar-refractivity contribution < 1.29 is 0 Å². The smallest absolute Gasteiger partial charge is 0.0354 e. The summed E-state index contributed by atoms with van der Waals surface area (Å²) >= 11 is 0. The highest BCUT2D eigenvalue weighted by Gasteiger charge is 2.35. The Morgan fingerprint density at radius 3 is 2.70 bits per heavy atom. The number of nitrogens with two attached hydrogens (primary N) is 1. The first kappa shape index (κ1) is 12.7. The van der Waals surface area contributed by atoms with Gasteiger partial charge in [-0.3, -0.25) is 9.80 Å². The van der Waals surface area contributed by atoms with Crippen LogP contribution in [0.4, 0.5) is 5.69 Å². The molecule has 2 unspecified atom stereocenters. The lowest BCUT2D eigenvalue weighted by molar-refractivity contribution is 0.200. The van der Waals surface area contributed by atoms with Crippen LogP contribution in [-0.4, -0.2) is 42.0 Å². The number of benzene rings is 1. The van der Waals surface area contributed by atoms with Crippen molar-refractivity contribution in [3.05, 3.63) is 29.3 Å². The fourth-order valence-electron chi connectivity index (χ4n) is 4.45. The Kier molecular flexibility index (Phi) is 3.20. The summed E-state index contributed by atoms with van der Waals surface area (Å²) < 4.78 is 0. The van der Waals surface area contributed by atoms with E-state index in [1.165, 1.54) is 63.8 Å². The fraction of sp³-hybridized carbons (Fsp3) is 0.647. The number of likely N-dealkylation sites (tertiary alicyclic amines) is 2. The molecule has 2 fully saturated rings. The average molecular weight is 271 g/mol. The first-order valence-electron chi connectivity index (χ1n) is 8.17. The number of hydrogen-bond acceptors (Lipinski definition) is 3. The Morgan fingerprint density at radius 1 is 1.00 bits per heavy atom. The van der Waals surface area contributed by atoms with Crippen LogP contribution in [0, 0.1) is 0 Å². The zero-order valence-electron chi connectivity index (χ0n) is 12.2. The second kappa shape index (κ2) is 5.05. The van der Waals surface area contributed by atoms with Gasteiger partial charge in [-0.1, -0.05) is 6.07 Å². The monoisotopic (exact) mass is 271 g/mol. The summed E-state index contributed by atoms with van der Waals surface area (Å²) in [5, 5.41) is 0. The molecule has 0 spiro atoms. The highest BCUT2D eigenvalue weighted by atomic mass is 15.3. The van der Waals surface area contributed by atoms with Crippen molar-refractivity contribution in [2.24, 2.45) is 0 Å². The molecule has 1 aromatic rings. The van der Waals surface area contributed by atoms with E-state index in [2.05, 4.69) is 28.0 Å².